The molecule has 1 aromatic carbocycles. The number of benzene rings is 1. The van der Waals surface area contributed by atoms with E-state index in [2.05, 4.69) is 0 Å². The topological polar surface area (TPSA) is 40.9 Å². The Morgan fingerprint density at radius 2 is 1.88 bits per heavy atom. The third kappa shape index (κ3) is 2.40. The first-order chi connectivity index (χ1) is 7.47. The second-order valence-corrected chi connectivity index (χ2v) is 3.38. The zero-order valence-electron chi connectivity index (χ0n) is 8.43. The van der Waals surface area contributed by atoms with E-state index in [1.165, 1.54) is 6.92 Å². The van der Waals surface area contributed by atoms with Crippen LogP contribution in [0, 0.1) is 34.7 Å². The van der Waals surface area contributed by atoms with Gasteiger partial charge in [0.25, 0.3) is 0 Å². The van der Waals surface area contributed by atoms with Gasteiger partial charge in [-0.25, -0.2) is 13.2 Å². The summed E-state index contributed by atoms with van der Waals surface area (Å²) in [6, 6.07) is 3.04. The van der Waals surface area contributed by atoms with Crippen LogP contribution in [0.25, 0.3) is 0 Å². The first kappa shape index (κ1) is 12.2. The summed E-state index contributed by atoms with van der Waals surface area (Å²) >= 11 is 0. The Morgan fingerprint density at radius 3 is 2.31 bits per heavy atom. The number of ketones is 1. The van der Waals surface area contributed by atoms with Crippen molar-refractivity contribution in [3.05, 3.63) is 35.1 Å². The Morgan fingerprint density at radius 1 is 1.38 bits per heavy atom. The van der Waals surface area contributed by atoms with Crippen molar-refractivity contribution >= 4 is 5.78 Å². The first-order valence-electron chi connectivity index (χ1n) is 4.53. The molecule has 0 fully saturated rings. The lowest BCUT2D eigenvalue weighted by Crippen LogP contribution is -2.12. The van der Waals surface area contributed by atoms with Crippen molar-refractivity contribution in [3.63, 3.8) is 0 Å². The van der Waals surface area contributed by atoms with Crippen molar-refractivity contribution in [1.82, 2.24) is 0 Å². The number of carbonyl (C=O) groups excluding carboxylic acids is 1. The van der Waals surface area contributed by atoms with Gasteiger partial charge < -0.3 is 0 Å². The molecule has 1 rings (SSSR count). The summed E-state index contributed by atoms with van der Waals surface area (Å²) in [6.07, 6.45) is -0.0561. The van der Waals surface area contributed by atoms with Crippen molar-refractivity contribution in [1.29, 1.82) is 5.26 Å². The van der Waals surface area contributed by atoms with Crippen LogP contribution in [0.3, 0.4) is 0 Å². The maximum absolute atomic E-state index is 12.8. The van der Waals surface area contributed by atoms with E-state index < -0.39 is 29.2 Å². The Labute approximate surface area is 90.3 Å². The summed E-state index contributed by atoms with van der Waals surface area (Å²) < 4.78 is 38.2. The number of carbonyl (C=O) groups is 1. The molecular formula is C11H8F3NO. The fraction of sp³-hybridized carbons (Fsp3) is 0.273. The number of hydrogen-bond acceptors (Lipinski definition) is 2. The van der Waals surface area contributed by atoms with E-state index in [1.807, 2.05) is 0 Å². The smallest absolute Gasteiger partial charge is 0.194 e. The maximum Gasteiger partial charge on any atom is 0.194 e. The predicted molar refractivity (Wildman–Crippen MR) is 50.0 cm³/mol. The van der Waals surface area contributed by atoms with Gasteiger partial charge in [-0.05, 0) is 12.1 Å². The van der Waals surface area contributed by atoms with Gasteiger partial charge in [0.2, 0.25) is 0 Å². The Kier molecular flexibility index (Phi) is 3.67. The van der Waals surface area contributed by atoms with Gasteiger partial charge in [-0.15, -0.1) is 0 Å². The molecule has 0 radical (unpaired) electrons. The van der Waals surface area contributed by atoms with Crippen LogP contribution >= 0.6 is 0 Å². The number of hydrogen-bond donors (Lipinski definition) is 0. The molecular weight excluding hydrogens is 219 g/mol. The maximum atomic E-state index is 12.8. The van der Waals surface area contributed by atoms with Crippen molar-refractivity contribution in [3.8, 4) is 6.07 Å². The largest absolute Gasteiger partial charge is 0.294 e. The number of Topliss-reactive ketones (excluding diaryl/α,β-unsaturated/α-hetero) is 1. The standard InChI is InChI=1S/C11H8F3NO/c1-6(2-3-15)11(16)7-4-8(12)10(14)9(13)5-7/h4-6H,2H2,1H3. The van der Waals surface area contributed by atoms with Gasteiger partial charge in [-0.3, -0.25) is 4.79 Å². The quantitative estimate of drug-likeness (QED) is 0.588. The summed E-state index contributed by atoms with van der Waals surface area (Å²) in [5.74, 6) is -5.68. The van der Waals surface area contributed by atoms with Crippen LogP contribution in [0.2, 0.25) is 0 Å². The van der Waals surface area contributed by atoms with Gasteiger partial charge in [-0.2, -0.15) is 5.26 Å². The number of halogens is 3. The fourth-order valence-electron chi connectivity index (χ4n) is 1.21. The molecule has 0 aliphatic rings. The van der Waals surface area contributed by atoms with E-state index in [4.69, 9.17) is 5.26 Å². The highest BCUT2D eigenvalue weighted by Crippen LogP contribution is 2.17. The van der Waals surface area contributed by atoms with E-state index in [0.29, 0.717) is 12.1 Å². The molecule has 84 valence electrons. The average Bonchev–Trinajstić information content (AvgIpc) is 2.24. The Bertz CT molecular complexity index is 442. The van der Waals surface area contributed by atoms with Crippen LogP contribution in [-0.4, -0.2) is 5.78 Å². The second kappa shape index (κ2) is 4.79. The summed E-state index contributed by atoms with van der Waals surface area (Å²) in [5, 5.41) is 8.38. The molecule has 0 aliphatic carbocycles. The highest BCUT2D eigenvalue weighted by Gasteiger charge is 2.19. The molecule has 2 nitrogen and oxygen atoms in total. The molecule has 0 aromatic heterocycles. The van der Waals surface area contributed by atoms with Crippen LogP contribution in [-0.2, 0) is 0 Å². The van der Waals surface area contributed by atoms with Crippen molar-refractivity contribution < 1.29 is 18.0 Å². The van der Waals surface area contributed by atoms with E-state index in [0.717, 1.165) is 0 Å². The molecule has 16 heavy (non-hydrogen) atoms. The average molecular weight is 227 g/mol. The lowest BCUT2D eigenvalue weighted by atomic mass is 9.97. The highest BCUT2D eigenvalue weighted by atomic mass is 19.2. The second-order valence-electron chi connectivity index (χ2n) is 3.38. The van der Waals surface area contributed by atoms with E-state index in [-0.39, 0.29) is 12.0 Å². The van der Waals surface area contributed by atoms with Crippen LogP contribution in [0.15, 0.2) is 12.1 Å². The van der Waals surface area contributed by atoms with Gasteiger partial charge >= 0.3 is 0 Å². The highest BCUT2D eigenvalue weighted by molar-refractivity contribution is 5.97. The zero-order valence-corrected chi connectivity index (χ0v) is 8.43. The van der Waals surface area contributed by atoms with Crippen LogP contribution in [0.5, 0.6) is 0 Å². The van der Waals surface area contributed by atoms with E-state index in [1.54, 1.807) is 6.07 Å². The van der Waals surface area contributed by atoms with E-state index in [9.17, 15) is 18.0 Å². The summed E-state index contributed by atoms with van der Waals surface area (Å²) in [5.41, 5.74) is -0.265. The van der Waals surface area contributed by atoms with Gasteiger partial charge in [0, 0.05) is 17.9 Å². The fourth-order valence-corrected chi connectivity index (χ4v) is 1.21. The minimum Gasteiger partial charge on any atom is -0.294 e. The van der Waals surface area contributed by atoms with Gasteiger partial charge in [0.1, 0.15) is 0 Å². The SMILES string of the molecule is CC(CC#N)C(=O)c1cc(F)c(F)c(F)c1. The number of nitrogens with zero attached hydrogens (tertiary/aromatic N) is 1. The molecule has 0 spiro atoms. The molecule has 0 saturated carbocycles. The normalized spacial score (nSPS) is 11.9. The summed E-state index contributed by atoms with van der Waals surface area (Å²) in [6.45, 7) is 1.46. The van der Waals surface area contributed by atoms with Crippen molar-refractivity contribution in [2.75, 3.05) is 0 Å². The van der Waals surface area contributed by atoms with Crippen LogP contribution in [0.1, 0.15) is 23.7 Å². The molecule has 1 aromatic rings. The lowest BCUT2D eigenvalue weighted by molar-refractivity contribution is 0.0930. The minimum absolute atomic E-state index is 0.0561. The van der Waals surface area contributed by atoms with Crippen LogP contribution in [0.4, 0.5) is 13.2 Å². The first-order valence-corrected chi connectivity index (χ1v) is 4.53. The Hall–Kier alpha value is -1.83. The van der Waals surface area contributed by atoms with Gasteiger partial charge in [0.15, 0.2) is 23.2 Å². The monoisotopic (exact) mass is 227 g/mol. The molecule has 5 heteroatoms. The molecule has 0 aliphatic heterocycles. The molecule has 0 N–H and O–H groups in total. The molecule has 0 saturated heterocycles. The van der Waals surface area contributed by atoms with Crippen LogP contribution < -0.4 is 0 Å². The zero-order chi connectivity index (χ0) is 12.3. The van der Waals surface area contributed by atoms with Crippen molar-refractivity contribution in [2.45, 2.75) is 13.3 Å². The van der Waals surface area contributed by atoms with Gasteiger partial charge in [0.05, 0.1) is 6.07 Å². The molecule has 0 bridgehead atoms. The number of nitriles is 1. The molecule has 1 unspecified atom stereocenters. The molecule has 0 heterocycles. The molecule has 1 atom stereocenters. The number of rotatable bonds is 3. The predicted octanol–water partition coefficient (Wildman–Crippen LogP) is 2.84. The van der Waals surface area contributed by atoms with Gasteiger partial charge in [-0.1, -0.05) is 6.92 Å². The third-order valence-corrected chi connectivity index (χ3v) is 2.11. The molecule has 0 amide bonds. The van der Waals surface area contributed by atoms with E-state index >= 15 is 0 Å². The minimum atomic E-state index is -1.61. The summed E-state index contributed by atoms with van der Waals surface area (Å²) in [4.78, 5) is 11.5. The summed E-state index contributed by atoms with van der Waals surface area (Å²) in [7, 11) is 0. The third-order valence-electron chi connectivity index (χ3n) is 2.11. The lowest BCUT2D eigenvalue weighted by Gasteiger charge is -2.06. The van der Waals surface area contributed by atoms with Crippen molar-refractivity contribution in [2.24, 2.45) is 5.92 Å². The Balaban J connectivity index is 3.07.